The maximum Gasteiger partial charge on any atom is 0.170 e. The zero-order valence-electron chi connectivity index (χ0n) is 10.6. The summed E-state index contributed by atoms with van der Waals surface area (Å²) >= 11 is 3.15. The van der Waals surface area contributed by atoms with Crippen molar-refractivity contribution in [3.05, 3.63) is 41.2 Å². The van der Waals surface area contributed by atoms with Crippen LogP contribution in [-0.4, -0.2) is 15.1 Å². The van der Waals surface area contributed by atoms with E-state index in [1.54, 1.807) is 11.8 Å². The van der Waals surface area contributed by atoms with Gasteiger partial charge in [0.2, 0.25) is 0 Å². The molecule has 1 atom stereocenters. The molecule has 2 aromatic rings. The van der Waals surface area contributed by atoms with Crippen molar-refractivity contribution >= 4 is 23.3 Å². The summed E-state index contributed by atoms with van der Waals surface area (Å²) in [5.41, 5.74) is 8.68. The first-order chi connectivity index (χ1) is 8.70. The van der Waals surface area contributed by atoms with E-state index in [1.165, 1.54) is 22.7 Å². The lowest BCUT2D eigenvalue weighted by Gasteiger charge is -2.13. The van der Waals surface area contributed by atoms with Crippen molar-refractivity contribution in [3.63, 3.8) is 0 Å². The van der Waals surface area contributed by atoms with Crippen LogP contribution in [0.4, 0.5) is 0 Å². The Labute approximate surface area is 116 Å². The van der Waals surface area contributed by atoms with E-state index in [0.29, 0.717) is 0 Å². The number of thioether (sulfide) groups is 1. The van der Waals surface area contributed by atoms with Gasteiger partial charge in [-0.3, -0.25) is 0 Å². The minimum Gasteiger partial charge on any atom is -0.323 e. The lowest BCUT2D eigenvalue weighted by Crippen LogP contribution is -2.14. The van der Waals surface area contributed by atoms with Crippen LogP contribution in [0.25, 0.3) is 0 Å². The molecule has 1 aromatic carbocycles. The van der Waals surface area contributed by atoms with Crippen LogP contribution in [0, 0.1) is 6.92 Å². The maximum absolute atomic E-state index is 6.22. The van der Waals surface area contributed by atoms with Gasteiger partial charge in [-0.25, -0.2) is 4.98 Å². The highest BCUT2D eigenvalue weighted by atomic mass is 32.2. The predicted molar refractivity (Wildman–Crippen MR) is 78.1 cm³/mol. The molecular formula is C13H17N3S2. The average Bonchev–Trinajstić information content (AvgIpc) is 2.84. The van der Waals surface area contributed by atoms with Gasteiger partial charge in [-0.2, -0.15) is 4.37 Å². The molecule has 0 saturated carbocycles. The SMILES string of the molecule is CCc1nsc(SCC(N)c2ccccc2C)n1. The van der Waals surface area contributed by atoms with Gasteiger partial charge in [-0.15, -0.1) is 0 Å². The third-order valence-electron chi connectivity index (χ3n) is 2.74. The van der Waals surface area contributed by atoms with Gasteiger partial charge >= 0.3 is 0 Å². The van der Waals surface area contributed by atoms with Crippen LogP contribution in [0.15, 0.2) is 28.6 Å². The molecule has 0 spiro atoms. The van der Waals surface area contributed by atoms with E-state index in [0.717, 1.165) is 22.3 Å². The van der Waals surface area contributed by atoms with Gasteiger partial charge in [0.1, 0.15) is 5.82 Å². The molecule has 0 aliphatic rings. The number of rotatable bonds is 5. The Hall–Kier alpha value is -0.910. The van der Waals surface area contributed by atoms with Crippen LogP contribution < -0.4 is 5.73 Å². The Bertz CT molecular complexity index is 510. The summed E-state index contributed by atoms with van der Waals surface area (Å²) in [5.74, 6) is 1.76. The first-order valence-corrected chi connectivity index (χ1v) is 7.73. The number of aromatic nitrogens is 2. The third-order valence-corrected chi connectivity index (χ3v) is 4.73. The van der Waals surface area contributed by atoms with Crippen molar-refractivity contribution in [2.75, 3.05) is 5.75 Å². The highest BCUT2D eigenvalue weighted by Crippen LogP contribution is 2.26. The first-order valence-electron chi connectivity index (χ1n) is 5.97. The van der Waals surface area contributed by atoms with E-state index in [1.807, 2.05) is 12.1 Å². The Balaban J connectivity index is 1.96. The summed E-state index contributed by atoms with van der Waals surface area (Å²) in [5, 5.41) is 0. The van der Waals surface area contributed by atoms with Crippen LogP contribution in [0.3, 0.4) is 0 Å². The normalized spacial score (nSPS) is 12.6. The van der Waals surface area contributed by atoms with E-state index in [4.69, 9.17) is 5.73 Å². The molecule has 5 heteroatoms. The van der Waals surface area contributed by atoms with Gasteiger partial charge in [0.15, 0.2) is 4.34 Å². The number of benzene rings is 1. The second-order valence-corrected chi connectivity index (χ2v) is 6.12. The summed E-state index contributed by atoms with van der Waals surface area (Å²) < 4.78 is 5.28. The summed E-state index contributed by atoms with van der Waals surface area (Å²) in [6, 6.07) is 8.31. The molecule has 1 aromatic heterocycles. The Morgan fingerprint density at radius 3 is 2.83 bits per heavy atom. The van der Waals surface area contributed by atoms with Crippen molar-refractivity contribution in [1.82, 2.24) is 9.36 Å². The van der Waals surface area contributed by atoms with Gasteiger partial charge < -0.3 is 5.73 Å². The van der Waals surface area contributed by atoms with Gasteiger partial charge in [0, 0.05) is 18.2 Å². The molecular weight excluding hydrogens is 262 g/mol. The van der Waals surface area contributed by atoms with Crippen LogP contribution >= 0.6 is 23.3 Å². The zero-order valence-corrected chi connectivity index (χ0v) is 12.2. The van der Waals surface area contributed by atoms with Gasteiger partial charge in [0.25, 0.3) is 0 Å². The van der Waals surface area contributed by atoms with Gasteiger partial charge in [-0.1, -0.05) is 43.0 Å². The summed E-state index contributed by atoms with van der Waals surface area (Å²) in [4.78, 5) is 4.43. The van der Waals surface area contributed by atoms with Crippen LogP contribution in [0.2, 0.25) is 0 Å². The molecule has 0 aliphatic heterocycles. The number of nitrogens with zero attached hydrogens (tertiary/aromatic N) is 2. The number of nitrogens with two attached hydrogens (primary N) is 1. The molecule has 2 rings (SSSR count). The molecule has 0 radical (unpaired) electrons. The zero-order chi connectivity index (χ0) is 13.0. The van der Waals surface area contributed by atoms with E-state index in [9.17, 15) is 0 Å². The molecule has 18 heavy (non-hydrogen) atoms. The molecule has 1 heterocycles. The molecule has 0 amide bonds. The first kappa shape index (κ1) is 13.5. The van der Waals surface area contributed by atoms with E-state index in [2.05, 4.69) is 35.3 Å². The second kappa shape index (κ2) is 6.31. The fraction of sp³-hybridized carbons (Fsp3) is 0.385. The Kier molecular flexibility index (Phi) is 4.74. The third kappa shape index (κ3) is 3.31. The number of hydrogen-bond acceptors (Lipinski definition) is 5. The Morgan fingerprint density at radius 2 is 2.17 bits per heavy atom. The van der Waals surface area contributed by atoms with Gasteiger partial charge in [-0.05, 0) is 29.6 Å². The van der Waals surface area contributed by atoms with Crippen LogP contribution in [-0.2, 0) is 6.42 Å². The van der Waals surface area contributed by atoms with Crippen LogP contribution in [0.5, 0.6) is 0 Å². The van der Waals surface area contributed by atoms with Crippen molar-refractivity contribution in [1.29, 1.82) is 0 Å². The lowest BCUT2D eigenvalue weighted by atomic mass is 10.0. The smallest absolute Gasteiger partial charge is 0.170 e. The number of aryl methyl sites for hydroxylation is 2. The fourth-order valence-electron chi connectivity index (χ4n) is 1.69. The van der Waals surface area contributed by atoms with Crippen molar-refractivity contribution < 1.29 is 0 Å². The average molecular weight is 279 g/mol. The predicted octanol–water partition coefficient (Wildman–Crippen LogP) is 3.20. The summed E-state index contributed by atoms with van der Waals surface area (Å²) in [6.45, 7) is 4.16. The molecule has 3 nitrogen and oxygen atoms in total. The molecule has 2 N–H and O–H groups in total. The minimum atomic E-state index is 0.0465. The largest absolute Gasteiger partial charge is 0.323 e. The van der Waals surface area contributed by atoms with Crippen molar-refractivity contribution in [2.24, 2.45) is 5.73 Å². The lowest BCUT2D eigenvalue weighted by molar-refractivity contribution is 0.822. The standard InChI is InChI=1S/C13H17N3S2/c1-3-12-15-13(18-16-12)17-8-11(14)10-7-5-4-6-9(10)2/h4-7,11H,3,8,14H2,1-2H3. The highest BCUT2D eigenvalue weighted by Gasteiger charge is 2.10. The van der Waals surface area contributed by atoms with Crippen molar-refractivity contribution in [3.8, 4) is 0 Å². The Morgan fingerprint density at radius 1 is 1.39 bits per heavy atom. The quantitative estimate of drug-likeness (QED) is 0.854. The van der Waals surface area contributed by atoms with E-state index in [-0.39, 0.29) is 6.04 Å². The monoisotopic (exact) mass is 279 g/mol. The minimum absolute atomic E-state index is 0.0465. The van der Waals surface area contributed by atoms with Crippen molar-refractivity contribution in [2.45, 2.75) is 30.6 Å². The van der Waals surface area contributed by atoms with Crippen LogP contribution in [0.1, 0.15) is 29.9 Å². The molecule has 1 unspecified atom stereocenters. The maximum atomic E-state index is 6.22. The molecule has 0 aliphatic carbocycles. The van der Waals surface area contributed by atoms with E-state index >= 15 is 0 Å². The fourth-order valence-corrected chi connectivity index (χ4v) is 3.39. The topological polar surface area (TPSA) is 51.8 Å². The molecule has 96 valence electrons. The highest BCUT2D eigenvalue weighted by molar-refractivity contribution is 8.00. The summed E-state index contributed by atoms with van der Waals surface area (Å²) in [6.07, 6.45) is 0.890. The molecule has 0 saturated heterocycles. The molecule has 0 bridgehead atoms. The van der Waals surface area contributed by atoms with E-state index < -0.39 is 0 Å². The second-order valence-electron chi connectivity index (χ2n) is 4.10. The number of hydrogen-bond donors (Lipinski definition) is 1. The van der Waals surface area contributed by atoms with Gasteiger partial charge in [0.05, 0.1) is 0 Å². The summed E-state index contributed by atoms with van der Waals surface area (Å²) in [7, 11) is 0. The molecule has 0 fully saturated rings.